The van der Waals surface area contributed by atoms with Crippen LogP contribution < -0.4 is 15.4 Å². The molecule has 25 heavy (non-hydrogen) atoms. The molecule has 0 aliphatic heterocycles. The van der Waals surface area contributed by atoms with Crippen LogP contribution in [-0.4, -0.2) is 29.8 Å². The molecule has 0 unspecified atom stereocenters. The Hall–Kier alpha value is -2.57. The van der Waals surface area contributed by atoms with Gasteiger partial charge in [0.25, 0.3) is 0 Å². The van der Waals surface area contributed by atoms with Gasteiger partial charge in [0.05, 0.1) is 12.3 Å². The highest BCUT2D eigenvalue weighted by molar-refractivity contribution is 5.79. The largest absolute Gasteiger partial charge is 0.478 e. The molecule has 2 aromatic rings. The van der Waals surface area contributed by atoms with E-state index in [1.165, 1.54) is 0 Å². The van der Waals surface area contributed by atoms with Gasteiger partial charge in [-0.1, -0.05) is 19.0 Å². The van der Waals surface area contributed by atoms with Crippen LogP contribution in [0.15, 0.2) is 27.8 Å². The van der Waals surface area contributed by atoms with Gasteiger partial charge in [0.1, 0.15) is 5.76 Å². The van der Waals surface area contributed by atoms with Crippen LogP contribution >= 0.6 is 0 Å². The number of aliphatic imine (C=N–C) groups is 1. The van der Waals surface area contributed by atoms with Crippen molar-refractivity contribution in [3.05, 3.63) is 40.9 Å². The molecule has 2 N–H and O–H groups in total. The van der Waals surface area contributed by atoms with Crippen molar-refractivity contribution in [2.45, 2.75) is 46.7 Å². The summed E-state index contributed by atoms with van der Waals surface area (Å²) in [5, 5.41) is 10.8. The first kappa shape index (κ1) is 18.8. The molecular formula is C18H27N5O2. The van der Waals surface area contributed by atoms with Gasteiger partial charge in [0.15, 0.2) is 5.96 Å². The third kappa shape index (κ3) is 5.20. The van der Waals surface area contributed by atoms with Crippen LogP contribution in [0.3, 0.4) is 0 Å². The van der Waals surface area contributed by atoms with Crippen molar-refractivity contribution in [1.29, 1.82) is 0 Å². The van der Waals surface area contributed by atoms with Gasteiger partial charge in [-0.3, -0.25) is 4.99 Å². The first-order chi connectivity index (χ1) is 12.2. The normalized spacial score (nSPS) is 11.4. The maximum Gasteiger partial charge on any atom is 0.213 e. The molecule has 0 aliphatic rings. The Morgan fingerprint density at radius 3 is 2.68 bits per heavy atom. The van der Waals surface area contributed by atoms with Crippen LogP contribution in [0.2, 0.25) is 0 Å². The summed E-state index contributed by atoms with van der Waals surface area (Å²) in [6.07, 6.45) is 3.42. The maximum atomic E-state index is 5.43. The number of aryl methyl sites for hydroxylation is 2. The zero-order valence-corrected chi connectivity index (χ0v) is 15.4. The van der Waals surface area contributed by atoms with Crippen LogP contribution in [0.5, 0.6) is 5.88 Å². The smallest absolute Gasteiger partial charge is 0.213 e. The molecule has 0 fully saturated rings. The number of hydrogen-bond donors (Lipinski definition) is 2. The SMILES string of the molecule is CCOc1cc(CNC(=NC)NCc2c(CC)noc2CC)ccn1. The minimum Gasteiger partial charge on any atom is -0.478 e. The molecule has 0 atom stereocenters. The van der Waals surface area contributed by atoms with E-state index in [-0.39, 0.29) is 0 Å². The van der Waals surface area contributed by atoms with E-state index in [1.807, 2.05) is 19.1 Å². The summed E-state index contributed by atoms with van der Waals surface area (Å²) in [7, 11) is 1.75. The Labute approximate surface area is 148 Å². The van der Waals surface area contributed by atoms with Gasteiger partial charge >= 0.3 is 0 Å². The average molecular weight is 345 g/mol. The molecule has 0 saturated carbocycles. The van der Waals surface area contributed by atoms with Gasteiger partial charge in [-0.2, -0.15) is 0 Å². The number of rotatable bonds is 8. The van der Waals surface area contributed by atoms with Crippen molar-refractivity contribution in [3.63, 3.8) is 0 Å². The molecule has 0 aromatic carbocycles. The molecule has 2 aromatic heterocycles. The highest BCUT2D eigenvalue weighted by Crippen LogP contribution is 2.15. The van der Waals surface area contributed by atoms with Gasteiger partial charge in [0, 0.05) is 44.4 Å². The summed E-state index contributed by atoms with van der Waals surface area (Å²) >= 11 is 0. The Bertz CT molecular complexity index is 675. The van der Waals surface area contributed by atoms with E-state index < -0.39 is 0 Å². The van der Waals surface area contributed by atoms with Crippen molar-refractivity contribution in [2.75, 3.05) is 13.7 Å². The molecule has 2 rings (SSSR count). The number of nitrogens with zero attached hydrogens (tertiary/aromatic N) is 3. The third-order valence-corrected chi connectivity index (χ3v) is 3.81. The molecule has 0 radical (unpaired) electrons. The van der Waals surface area contributed by atoms with E-state index in [4.69, 9.17) is 9.26 Å². The predicted molar refractivity (Wildman–Crippen MR) is 97.7 cm³/mol. The first-order valence-corrected chi connectivity index (χ1v) is 8.70. The van der Waals surface area contributed by atoms with Crippen LogP contribution in [0.25, 0.3) is 0 Å². The van der Waals surface area contributed by atoms with Crippen molar-refractivity contribution < 1.29 is 9.26 Å². The van der Waals surface area contributed by atoms with E-state index in [0.29, 0.717) is 25.6 Å². The lowest BCUT2D eigenvalue weighted by Gasteiger charge is -2.12. The van der Waals surface area contributed by atoms with Crippen molar-refractivity contribution >= 4 is 5.96 Å². The first-order valence-electron chi connectivity index (χ1n) is 8.70. The predicted octanol–water partition coefficient (Wildman–Crippen LogP) is 2.46. The van der Waals surface area contributed by atoms with Crippen molar-refractivity contribution in [1.82, 2.24) is 20.8 Å². The molecule has 136 valence electrons. The van der Waals surface area contributed by atoms with Crippen molar-refractivity contribution in [3.8, 4) is 5.88 Å². The number of guanidine groups is 1. The van der Waals surface area contributed by atoms with Crippen LogP contribution in [-0.2, 0) is 25.9 Å². The lowest BCUT2D eigenvalue weighted by Crippen LogP contribution is -2.36. The van der Waals surface area contributed by atoms with Crippen LogP contribution in [0.4, 0.5) is 0 Å². The monoisotopic (exact) mass is 345 g/mol. The maximum absolute atomic E-state index is 5.43. The Morgan fingerprint density at radius 1 is 1.20 bits per heavy atom. The summed E-state index contributed by atoms with van der Waals surface area (Å²) < 4.78 is 10.8. The number of nitrogens with one attached hydrogen (secondary N) is 2. The molecule has 0 bridgehead atoms. The highest BCUT2D eigenvalue weighted by atomic mass is 16.5. The van der Waals surface area contributed by atoms with E-state index in [9.17, 15) is 0 Å². The van der Waals surface area contributed by atoms with E-state index in [0.717, 1.165) is 41.4 Å². The molecule has 0 spiro atoms. The Morgan fingerprint density at radius 2 is 2.00 bits per heavy atom. The van der Waals surface area contributed by atoms with Gasteiger partial charge in [-0.05, 0) is 25.0 Å². The van der Waals surface area contributed by atoms with Gasteiger partial charge in [-0.15, -0.1) is 0 Å². The fraction of sp³-hybridized carbons (Fsp3) is 0.500. The van der Waals surface area contributed by atoms with Crippen LogP contribution in [0.1, 0.15) is 43.4 Å². The lowest BCUT2D eigenvalue weighted by atomic mass is 10.1. The average Bonchev–Trinajstić information content (AvgIpc) is 3.04. The quantitative estimate of drug-likeness (QED) is 0.565. The minimum atomic E-state index is 0.603. The second-order valence-electron chi connectivity index (χ2n) is 5.45. The highest BCUT2D eigenvalue weighted by Gasteiger charge is 2.13. The Balaban J connectivity index is 1.93. The van der Waals surface area contributed by atoms with Gasteiger partial charge < -0.3 is 19.9 Å². The van der Waals surface area contributed by atoms with E-state index in [2.05, 4.69) is 39.6 Å². The number of ether oxygens (including phenoxy) is 1. The lowest BCUT2D eigenvalue weighted by molar-refractivity contribution is 0.326. The molecular weight excluding hydrogens is 318 g/mol. The fourth-order valence-electron chi connectivity index (χ4n) is 2.50. The van der Waals surface area contributed by atoms with Gasteiger partial charge in [-0.25, -0.2) is 4.98 Å². The number of aromatic nitrogens is 2. The molecule has 7 nitrogen and oxygen atoms in total. The molecule has 0 amide bonds. The molecule has 0 saturated heterocycles. The zero-order valence-electron chi connectivity index (χ0n) is 15.4. The summed E-state index contributed by atoms with van der Waals surface area (Å²) in [5.41, 5.74) is 3.20. The fourth-order valence-corrected chi connectivity index (χ4v) is 2.50. The summed E-state index contributed by atoms with van der Waals surface area (Å²) in [6.45, 7) is 7.95. The third-order valence-electron chi connectivity index (χ3n) is 3.81. The summed E-state index contributed by atoms with van der Waals surface area (Å²) in [6, 6.07) is 3.88. The van der Waals surface area contributed by atoms with E-state index >= 15 is 0 Å². The molecule has 2 heterocycles. The molecule has 7 heteroatoms. The minimum absolute atomic E-state index is 0.603. The Kier molecular flexibility index (Phi) is 7.25. The molecule has 0 aliphatic carbocycles. The zero-order chi connectivity index (χ0) is 18.1. The topological polar surface area (TPSA) is 84.6 Å². The van der Waals surface area contributed by atoms with Crippen LogP contribution in [0, 0.1) is 0 Å². The summed E-state index contributed by atoms with van der Waals surface area (Å²) in [4.78, 5) is 8.44. The number of hydrogen-bond acceptors (Lipinski definition) is 5. The second-order valence-corrected chi connectivity index (χ2v) is 5.45. The van der Waals surface area contributed by atoms with E-state index in [1.54, 1.807) is 13.2 Å². The second kappa shape index (κ2) is 9.66. The number of pyridine rings is 1. The van der Waals surface area contributed by atoms with Gasteiger partial charge in [0.2, 0.25) is 5.88 Å². The van der Waals surface area contributed by atoms with Crippen molar-refractivity contribution in [2.24, 2.45) is 4.99 Å². The summed E-state index contributed by atoms with van der Waals surface area (Å²) in [5.74, 6) is 2.28. The standard InChI is InChI=1S/C18H27N5O2/c1-5-15-14(16(6-2)25-23-15)12-22-18(19-4)21-11-13-8-9-20-17(10-13)24-7-3/h8-10H,5-7,11-12H2,1-4H3,(H2,19,21,22).